The molecule has 1 aliphatic heterocycles. The average molecular weight is 279 g/mol. The molecule has 1 aromatic heterocycles. The Bertz CT molecular complexity index is 559. The zero-order chi connectivity index (χ0) is 12.5. The average Bonchev–Trinajstić information content (AvgIpc) is 2.75. The smallest absolute Gasteiger partial charge is 0.135 e. The summed E-state index contributed by atoms with van der Waals surface area (Å²) in [6.07, 6.45) is 0. The van der Waals surface area contributed by atoms with Crippen LogP contribution in [0, 0.1) is 0 Å². The fourth-order valence-electron chi connectivity index (χ4n) is 2.32. The van der Waals surface area contributed by atoms with Crippen LogP contribution in [0.4, 0.5) is 0 Å². The highest BCUT2D eigenvalue weighted by Gasteiger charge is 2.19. The van der Waals surface area contributed by atoms with Crippen molar-refractivity contribution in [1.82, 2.24) is 9.88 Å². The number of nitrogens with zero attached hydrogens (tertiary/aromatic N) is 2. The molecule has 0 saturated carbocycles. The summed E-state index contributed by atoms with van der Waals surface area (Å²) in [4.78, 5) is 6.42. The van der Waals surface area contributed by atoms with Crippen molar-refractivity contribution in [3.63, 3.8) is 0 Å². The lowest BCUT2D eigenvalue weighted by atomic mass is 10.1. The van der Waals surface area contributed by atoms with Crippen LogP contribution in [0.5, 0.6) is 0 Å². The van der Waals surface area contributed by atoms with Crippen molar-refractivity contribution in [2.24, 2.45) is 0 Å². The van der Waals surface area contributed by atoms with Gasteiger partial charge < -0.3 is 0 Å². The molecule has 0 unspecified atom stereocenters. The second kappa shape index (κ2) is 4.88. The van der Waals surface area contributed by atoms with Gasteiger partial charge in [0.05, 0.1) is 0 Å². The van der Waals surface area contributed by atoms with E-state index in [2.05, 4.69) is 34.1 Å². The lowest BCUT2D eigenvalue weighted by molar-refractivity contribution is 0.275. The molecule has 0 spiro atoms. The van der Waals surface area contributed by atoms with E-state index in [1.54, 1.807) is 6.07 Å². The molecule has 2 heterocycles. The molecule has 4 heteroatoms. The molecule has 0 atom stereocenters. The maximum atomic E-state index is 6.10. The molecule has 0 N–H and O–H groups in total. The molecule has 2 nitrogen and oxygen atoms in total. The van der Waals surface area contributed by atoms with Crippen LogP contribution in [-0.2, 0) is 19.6 Å². The molecule has 3 rings (SSSR count). The van der Waals surface area contributed by atoms with Gasteiger partial charge in [-0.15, -0.1) is 0 Å². The minimum absolute atomic E-state index is 0.438. The van der Waals surface area contributed by atoms with Crippen molar-refractivity contribution in [2.45, 2.75) is 19.6 Å². The van der Waals surface area contributed by atoms with E-state index in [0.29, 0.717) is 10.3 Å². The zero-order valence-corrected chi connectivity index (χ0v) is 11.2. The van der Waals surface area contributed by atoms with Gasteiger partial charge in [0, 0.05) is 25.2 Å². The molecular formula is C14H12Cl2N2. The normalized spacial score (nSPS) is 14.8. The highest BCUT2D eigenvalue weighted by Crippen LogP contribution is 2.26. The van der Waals surface area contributed by atoms with Crippen LogP contribution in [0.2, 0.25) is 10.3 Å². The van der Waals surface area contributed by atoms with Gasteiger partial charge in [-0.05, 0) is 17.2 Å². The fourth-order valence-corrected chi connectivity index (χ4v) is 2.72. The maximum absolute atomic E-state index is 6.10. The number of hydrogen-bond donors (Lipinski definition) is 0. The molecule has 18 heavy (non-hydrogen) atoms. The Morgan fingerprint density at radius 3 is 2.28 bits per heavy atom. The Hall–Kier alpha value is -1.09. The second-order valence-corrected chi connectivity index (χ2v) is 5.24. The molecule has 2 aromatic rings. The van der Waals surface area contributed by atoms with Gasteiger partial charge in [0.1, 0.15) is 10.3 Å². The Labute approximate surface area is 116 Å². The summed E-state index contributed by atoms with van der Waals surface area (Å²) in [6.45, 7) is 2.74. The van der Waals surface area contributed by atoms with Crippen LogP contribution < -0.4 is 0 Å². The third-order valence-corrected chi connectivity index (χ3v) is 3.73. The van der Waals surface area contributed by atoms with Gasteiger partial charge in [0.25, 0.3) is 0 Å². The van der Waals surface area contributed by atoms with Crippen molar-refractivity contribution in [3.05, 3.63) is 63.4 Å². The van der Waals surface area contributed by atoms with Gasteiger partial charge in [-0.1, -0.05) is 53.5 Å². The van der Waals surface area contributed by atoms with Gasteiger partial charge in [0.15, 0.2) is 0 Å². The van der Waals surface area contributed by atoms with E-state index in [9.17, 15) is 0 Å². The van der Waals surface area contributed by atoms with E-state index < -0.39 is 0 Å². The Morgan fingerprint density at radius 2 is 1.67 bits per heavy atom. The lowest BCUT2D eigenvalue weighted by Gasteiger charge is -2.15. The summed E-state index contributed by atoms with van der Waals surface area (Å²) in [5.74, 6) is 0. The number of rotatable bonds is 2. The number of fused-ring (bicyclic) bond motifs is 1. The maximum Gasteiger partial charge on any atom is 0.135 e. The van der Waals surface area contributed by atoms with Gasteiger partial charge in [-0.25, -0.2) is 4.98 Å². The Morgan fingerprint density at radius 1 is 1.00 bits per heavy atom. The zero-order valence-electron chi connectivity index (χ0n) is 9.74. The fraction of sp³-hybridized carbons (Fsp3) is 0.214. The molecule has 0 fully saturated rings. The summed E-state index contributed by atoms with van der Waals surface area (Å²) in [6, 6.07) is 12.2. The highest BCUT2D eigenvalue weighted by atomic mass is 35.5. The molecule has 1 aromatic carbocycles. The van der Waals surface area contributed by atoms with Gasteiger partial charge >= 0.3 is 0 Å². The predicted octanol–water partition coefficient (Wildman–Crippen LogP) is 3.90. The number of pyridine rings is 1. The minimum Gasteiger partial charge on any atom is -0.290 e. The summed E-state index contributed by atoms with van der Waals surface area (Å²) < 4.78 is 0. The van der Waals surface area contributed by atoms with E-state index in [1.807, 2.05) is 6.07 Å². The highest BCUT2D eigenvalue weighted by molar-refractivity contribution is 6.32. The summed E-state index contributed by atoms with van der Waals surface area (Å²) in [5, 5.41) is 0.937. The standard InChI is InChI=1S/C14H12Cl2N2/c15-13-6-5-12(14(16)17-13)9-18-7-10-3-1-2-4-11(10)8-18/h1-6H,7-9H2. The topological polar surface area (TPSA) is 16.1 Å². The summed E-state index contributed by atoms with van der Waals surface area (Å²) in [5.41, 5.74) is 3.82. The first-order valence-electron chi connectivity index (χ1n) is 5.82. The van der Waals surface area contributed by atoms with Crippen molar-refractivity contribution >= 4 is 23.2 Å². The number of aromatic nitrogens is 1. The van der Waals surface area contributed by atoms with E-state index in [4.69, 9.17) is 23.2 Å². The molecule has 0 bridgehead atoms. The predicted molar refractivity (Wildman–Crippen MR) is 73.7 cm³/mol. The van der Waals surface area contributed by atoms with E-state index in [0.717, 1.165) is 25.2 Å². The van der Waals surface area contributed by atoms with Crippen LogP contribution >= 0.6 is 23.2 Å². The van der Waals surface area contributed by atoms with Crippen LogP contribution in [0.3, 0.4) is 0 Å². The van der Waals surface area contributed by atoms with E-state index in [-0.39, 0.29) is 0 Å². The van der Waals surface area contributed by atoms with Crippen LogP contribution in [0.15, 0.2) is 36.4 Å². The second-order valence-electron chi connectivity index (χ2n) is 4.50. The van der Waals surface area contributed by atoms with Crippen molar-refractivity contribution in [3.8, 4) is 0 Å². The van der Waals surface area contributed by atoms with Gasteiger partial charge in [-0.3, -0.25) is 4.90 Å². The number of hydrogen-bond acceptors (Lipinski definition) is 2. The third kappa shape index (κ3) is 2.37. The molecule has 0 amide bonds. The van der Waals surface area contributed by atoms with Crippen molar-refractivity contribution < 1.29 is 0 Å². The molecule has 0 saturated heterocycles. The molecule has 92 valence electrons. The van der Waals surface area contributed by atoms with Gasteiger partial charge in [-0.2, -0.15) is 0 Å². The molecular weight excluding hydrogens is 267 g/mol. The molecule has 0 radical (unpaired) electrons. The number of benzene rings is 1. The quantitative estimate of drug-likeness (QED) is 0.775. The van der Waals surface area contributed by atoms with E-state index in [1.165, 1.54) is 11.1 Å². The first kappa shape index (κ1) is 12.0. The summed E-state index contributed by atoms with van der Waals surface area (Å²) in [7, 11) is 0. The monoisotopic (exact) mass is 278 g/mol. The number of halogens is 2. The van der Waals surface area contributed by atoms with Crippen molar-refractivity contribution in [2.75, 3.05) is 0 Å². The third-order valence-electron chi connectivity index (χ3n) is 3.19. The Balaban J connectivity index is 1.76. The largest absolute Gasteiger partial charge is 0.290 e. The van der Waals surface area contributed by atoms with Crippen LogP contribution in [0.1, 0.15) is 16.7 Å². The first-order chi connectivity index (χ1) is 8.72. The summed E-state index contributed by atoms with van der Waals surface area (Å²) >= 11 is 11.9. The SMILES string of the molecule is Clc1ccc(CN2Cc3ccccc3C2)c(Cl)n1. The Kier molecular flexibility index (Phi) is 3.25. The molecule has 1 aliphatic rings. The van der Waals surface area contributed by atoms with Gasteiger partial charge in [0.2, 0.25) is 0 Å². The van der Waals surface area contributed by atoms with Crippen LogP contribution in [-0.4, -0.2) is 9.88 Å². The lowest BCUT2D eigenvalue weighted by Crippen LogP contribution is -2.16. The first-order valence-corrected chi connectivity index (χ1v) is 6.58. The molecule has 0 aliphatic carbocycles. The minimum atomic E-state index is 0.438. The van der Waals surface area contributed by atoms with Crippen molar-refractivity contribution in [1.29, 1.82) is 0 Å². The van der Waals surface area contributed by atoms with E-state index >= 15 is 0 Å². The van der Waals surface area contributed by atoms with Crippen LogP contribution in [0.25, 0.3) is 0 Å².